The molecule has 0 saturated carbocycles. The van der Waals surface area contributed by atoms with Gasteiger partial charge in [0, 0.05) is 6.04 Å². The van der Waals surface area contributed by atoms with E-state index < -0.39 is 0 Å². The van der Waals surface area contributed by atoms with Gasteiger partial charge in [-0.25, -0.2) is 0 Å². The maximum Gasteiger partial charge on any atom is 0.123 e. The average Bonchev–Trinajstić information content (AvgIpc) is 2.36. The normalized spacial score (nSPS) is 13.6. The Morgan fingerprint density at radius 1 is 0.957 bits per heavy atom. The lowest BCUT2D eigenvalue weighted by Crippen LogP contribution is -2.20. The second-order valence-corrected chi connectivity index (χ2v) is 8.57. The molecule has 2 nitrogen and oxygen atoms in total. The molecular formula is C20H36ClNO. The Labute approximate surface area is 149 Å². The van der Waals surface area contributed by atoms with E-state index in [0.717, 1.165) is 29.5 Å². The Morgan fingerprint density at radius 3 is 1.74 bits per heavy atom. The summed E-state index contributed by atoms with van der Waals surface area (Å²) < 4.78 is 0. The maximum absolute atomic E-state index is 10.7. The van der Waals surface area contributed by atoms with Crippen molar-refractivity contribution in [3.63, 3.8) is 0 Å². The molecule has 1 atom stereocenters. The first kappa shape index (κ1) is 22.3. The first-order valence-electron chi connectivity index (χ1n) is 8.62. The van der Waals surface area contributed by atoms with E-state index in [1.54, 1.807) is 0 Å². The molecule has 0 fully saturated rings. The van der Waals surface area contributed by atoms with Crippen molar-refractivity contribution < 1.29 is 5.11 Å². The van der Waals surface area contributed by atoms with Gasteiger partial charge in [0.25, 0.3) is 0 Å². The van der Waals surface area contributed by atoms with E-state index in [1.807, 2.05) is 0 Å². The first-order valence-corrected chi connectivity index (χ1v) is 8.62. The van der Waals surface area contributed by atoms with E-state index in [-0.39, 0.29) is 29.3 Å². The molecule has 0 aliphatic carbocycles. The van der Waals surface area contributed by atoms with E-state index in [0.29, 0.717) is 5.75 Å². The highest BCUT2D eigenvalue weighted by Crippen LogP contribution is 2.41. The van der Waals surface area contributed by atoms with Crippen LogP contribution in [0, 0.1) is 0 Å². The summed E-state index contributed by atoms with van der Waals surface area (Å²) in [5, 5.41) is 10.7. The highest BCUT2D eigenvalue weighted by atomic mass is 35.5. The number of halogens is 1. The number of aromatic hydroxyl groups is 1. The van der Waals surface area contributed by atoms with Crippen molar-refractivity contribution in [2.24, 2.45) is 5.73 Å². The molecule has 1 aromatic carbocycles. The Balaban J connectivity index is 0.00000484. The van der Waals surface area contributed by atoms with Crippen molar-refractivity contribution in [1.82, 2.24) is 0 Å². The number of benzene rings is 1. The van der Waals surface area contributed by atoms with Crippen LogP contribution in [0.5, 0.6) is 5.75 Å². The molecule has 23 heavy (non-hydrogen) atoms. The van der Waals surface area contributed by atoms with Gasteiger partial charge >= 0.3 is 0 Å². The fourth-order valence-corrected chi connectivity index (χ4v) is 2.80. The monoisotopic (exact) mass is 341 g/mol. The molecule has 0 amide bonds. The molecule has 134 valence electrons. The SMILES string of the molecule is CCCCC[C@@H](N)c1cc(C(C)(C)C)c(O)c(C(C)(C)C)c1.Cl. The molecule has 0 heterocycles. The topological polar surface area (TPSA) is 46.2 Å². The lowest BCUT2D eigenvalue weighted by molar-refractivity contribution is 0.421. The third kappa shape index (κ3) is 6.00. The summed E-state index contributed by atoms with van der Waals surface area (Å²) in [5.41, 5.74) is 9.40. The van der Waals surface area contributed by atoms with Crippen molar-refractivity contribution in [2.75, 3.05) is 0 Å². The first-order chi connectivity index (χ1) is 9.98. The smallest absolute Gasteiger partial charge is 0.123 e. The third-order valence-corrected chi connectivity index (χ3v) is 4.30. The molecule has 0 bridgehead atoms. The number of hydrogen-bond acceptors (Lipinski definition) is 2. The Bertz CT molecular complexity index is 462. The summed E-state index contributed by atoms with van der Waals surface area (Å²) in [5.74, 6) is 0.435. The third-order valence-electron chi connectivity index (χ3n) is 4.30. The summed E-state index contributed by atoms with van der Waals surface area (Å²) in [6.45, 7) is 15.0. The van der Waals surface area contributed by atoms with E-state index >= 15 is 0 Å². The summed E-state index contributed by atoms with van der Waals surface area (Å²) >= 11 is 0. The summed E-state index contributed by atoms with van der Waals surface area (Å²) in [4.78, 5) is 0. The largest absolute Gasteiger partial charge is 0.507 e. The van der Waals surface area contributed by atoms with E-state index in [9.17, 15) is 5.11 Å². The molecular weight excluding hydrogens is 306 g/mol. The van der Waals surface area contributed by atoms with Gasteiger partial charge in [0.2, 0.25) is 0 Å². The molecule has 0 saturated heterocycles. The molecule has 0 unspecified atom stereocenters. The molecule has 0 spiro atoms. The highest BCUT2D eigenvalue weighted by molar-refractivity contribution is 5.85. The lowest BCUT2D eigenvalue weighted by atomic mass is 9.77. The predicted octanol–water partition coefficient (Wildman–Crippen LogP) is 5.99. The predicted molar refractivity (Wildman–Crippen MR) is 104 cm³/mol. The van der Waals surface area contributed by atoms with Gasteiger partial charge in [-0.05, 0) is 33.9 Å². The second kappa shape index (κ2) is 8.39. The lowest BCUT2D eigenvalue weighted by Gasteiger charge is -2.29. The molecule has 0 aliphatic heterocycles. The number of unbranched alkanes of at least 4 members (excludes halogenated alkanes) is 2. The van der Waals surface area contributed by atoms with Crippen molar-refractivity contribution in [2.45, 2.75) is 91.0 Å². The maximum atomic E-state index is 10.7. The second-order valence-electron chi connectivity index (χ2n) is 8.57. The quantitative estimate of drug-likeness (QED) is 0.646. The van der Waals surface area contributed by atoms with Gasteiger partial charge in [0.05, 0.1) is 0 Å². The zero-order valence-electron chi connectivity index (χ0n) is 16.0. The van der Waals surface area contributed by atoms with Gasteiger partial charge in [-0.2, -0.15) is 0 Å². The number of hydrogen-bond donors (Lipinski definition) is 2. The molecule has 1 rings (SSSR count). The molecule has 3 heteroatoms. The zero-order chi connectivity index (χ0) is 17.1. The van der Waals surface area contributed by atoms with Crippen molar-refractivity contribution in [3.8, 4) is 5.75 Å². The van der Waals surface area contributed by atoms with Crippen LogP contribution in [0.2, 0.25) is 0 Å². The Morgan fingerprint density at radius 2 is 1.39 bits per heavy atom. The summed E-state index contributed by atoms with van der Waals surface area (Å²) in [6, 6.07) is 4.27. The molecule has 0 aromatic heterocycles. The number of phenolic OH excluding ortho intramolecular Hbond substituents is 1. The van der Waals surface area contributed by atoms with Gasteiger partial charge in [-0.15, -0.1) is 12.4 Å². The van der Waals surface area contributed by atoms with Gasteiger partial charge in [0.15, 0.2) is 0 Å². The average molecular weight is 342 g/mol. The highest BCUT2D eigenvalue weighted by Gasteiger charge is 2.27. The van der Waals surface area contributed by atoms with Crippen molar-refractivity contribution in [1.29, 1.82) is 0 Å². The molecule has 3 N–H and O–H groups in total. The number of nitrogens with two attached hydrogens (primary N) is 1. The fourth-order valence-electron chi connectivity index (χ4n) is 2.80. The van der Waals surface area contributed by atoms with E-state index in [4.69, 9.17) is 5.73 Å². The zero-order valence-corrected chi connectivity index (χ0v) is 16.8. The van der Waals surface area contributed by atoms with Crippen LogP contribution in [-0.4, -0.2) is 5.11 Å². The van der Waals surface area contributed by atoms with Crippen LogP contribution in [0.3, 0.4) is 0 Å². The van der Waals surface area contributed by atoms with E-state index in [1.165, 1.54) is 12.8 Å². The van der Waals surface area contributed by atoms with Crippen molar-refractivity contribution >= 4 is 12.4 Å². The minimum Gasteiger partial charge on any atom is -0.507 e. The standard InChI is InChI=1S/C20H35NO.ClH/c1-8-9-10-11-17(21)14-12-15(19(2,3)4)18(22)16(13-14)20(5,6)7;/h12-13,17,22H,8-11,21H2,1-7H3;1H/t17-;/m1./s1. The summed E-state index contributed by atoms with van der Waals surface area (Å²) in [7, 11) is 0. The van der Waals surface area contributed by atoms with Crippen molar-refractivity contribution in [3.05, 3.63) is 28.8 Å². The molecule has 0 radical (unpaired) electrons. The van der Waals surface area contributed by atoms with Gasteiger partial charge < -0.3 is 10.8 Å². The number of rotatable bonds is 5. The van der Waals surface area contributed by atoms with Crippen LogP contribution in [0.15, 0.2) is 12.1 Å². The van der Waals surface area contributed by atoms with Crippen LogP contribution in [0.25, 0.3) is 0 Å². The number of phenols is 1. The van der Waals surface area contributed by atoms with Crippen LogP contribution < -0.4 is 5.73 Å². The molecule has 1 aromatic rings. The Hall–Kier alpha value is -0.730. The van der Waals surface area contributed by atoms with Crippen LogP contribution >= 0.6 is 12.4 Å². The van der Waals surface area contributed by atoms with Gasteiger partial charge in [-0.3, -0.25) is 0 Å². The van der Waals surface area contributed by atoms with Crippen LogP contribution in [0.1, 0.15) is 96.9 Å². The van der Waals surface area contributed by atoms with E-state index in [2.05, 4.69) is 60.6 Å². The molecule has 0 aliphatic rings. The minimum atomic E-state index is -0.0940. The van der Waals surface area contributed by atoms with Crippen LogP contribution in [0.4, 0.5) is 0 Å². The van der Waals surface area contributed by atoms with Gasteiger partial charge in [-0.1, -0.05) is 79.9 Å². The van der Waals surface area contributed by atoms with Gasteiger partial charge in [0.1, 0.15) is 5.75 Å². The summed E-state index contributed by atoms with van der Waals surface area (Å²) in [6.07, 6.45) is 4.60. The fraction of sp³-hybridized carbons (Fsp3) is 0.700. The minimum absolute atomic E-state index is 0. The Kier molecular flexibility index (Phi) is 8.13. The van der Waals surface area contributed by atoms with Crippen LogP contribution in [-0.2, 0) is 10.8 Å².